The molecule has 0 aliphatic carbocycles. The molecule has 42 heavy (non-hydrogen) atoms. The van der Waals surface area contributed by atoms with Crippen molar-refractivity contribution in [3.05, 3.63) is 132 Å². The van der Waals surface area contributed by atoms with Gasteiger partial charge in [0, 0.05) is 9.52 Å². The van der Waals surface area contributed by atoms with Crippen LogP contribution in [0.25, 0.3) is 43.8 Å². The van der Waals surface area contributed by atoms with Gasteiger partial charge in [-0.15, -0.1) is 69.1 Å². The number of hydrogen-bond donors (Lipinski definition) is 0. The van der Waals surface area contributed by atoms with Gasteiger partial charge in [-0.05, 0) is 23.0 Å². The monoisotopic (exact) mass is 684 g/mol. The molecule has 0 aliphatic rings. The van der Waals surface area contributed by atoms with E-state index in [0.29, 0.717) is 11.8 Å². The Morgan fingerprint density at radius 1 is 0.548 bits per heavy atom. The van der Waals surface area contributed by atoms with Crippen molar-refractivity contribution >= 4 is 48.1 Å². The van der Waals surface area contributed by atoms with Gasteiger partial charge >= 0.3 is 37.9 Å². The zero-order valence-electron chi connectivity index (χ0n) is 25.5. The first-order valence-electron chi connectivity index (χ1n) is 14.4. The van der Waals surface area contributed by atoms with Crippen molar-refractivity contribution in [2.45, 2.75) is 52.6 Å². The van der Waals surface area contributed by atoms with Crippen molar-refractivity contribution in [1.82, 2.24) is 0 Å². The Hall–Kier alpha value is -2.22. The third-order valence-electron chi connectivity index (χ3n) is 7.05. The summed E-state index contributed by atoms with van der Waals surface area (Å²) in [5.41, 5.74) is 8.11. The number of hydrogen-bond acceptors (Lipinski definition) is 0. The molecule has 0 unspecified atom stereocenters. The first-order valence-corrected chi connectivity index (χ1v) is 22.7. The first-order chi connectivity index (χ1) is 20.3. The van der Waals surface area contributed by atoms with Crippen LogP contribution in [0.4, 0.5) is 0 Å². The maximum absolute atomic E-state index is 4.93. The third-order valence-corrected chi connectivity index (χ3v) is 7.05. The second-order valence-corrected chi connectivity index (χ2v) is 15.5. The van der Waals surface area contributed by atoms with Gasteiger partial charge in [-0.1, -0.05) is 125 Å². The molecule has 0 atom stereocenters. The summed E-state index contributed by atoms with van der Waals surface area (Å²) in [5.74, 6) is 1.17. The molecular weight excluding hydrogens is 647 g/mol. The summed E-state index contributed by atoms with van der Waals surface area (Å²) in [4.78, 5) is 0. The zero-order valence-corrected chi connectivity index (χ0v) is 30.4. The van der Waals surface area contributed by atoms with Crippen LogP contribution in [0.1, 0.15) is 50.7 Å². The van der Waals surface area contributed by atoms with Gasteiger partial charge in [-0.2, -0.15) is 12.1 Å². The Morgan fingerprint density at radius 2 is 0.881 bits per heavy atom. The summed E-state index contributed by atoms with van der Waals surface area (Å²) < 4.78 is 0. The molecule has 0 saturated carbocycles. The maximum atomic E-state index is 4.93. The fourth-order valence-corrected chi connectivity index (χ4v) is 4.92. The van der Waals surface area contributed by atoms with Crippen LogP contribution in [0.5, 0.6) is 0 Å². The molecule has 0 fully saturated rings. The predicted molar refractivity (Wildman–Crippen MR) is 187 cm³/mol. The molecule has 0 heterocycles. The molecular formula is C38H40Cl2SiZr. The molecule has 2 radical (unpaired) electrons. The fourth-order valence-electron chi connectivity index (χ4n) is 4.92. The molecule has 0 spiro atoms. The van der Waals surface area contributed by atoms with Crippen molar-refractivity contribution in [1.29, 1.82) is 0 Å². The van der Waals surface area contributed by atoms with E-state index in [1.54, 1.807) is 0 Å². The SMILES string of the molecule is CC(C)c1cc2c(-c3ccccc3)cccc2[cH-]1.CC(C)c1cc2c(-c3ccccc3)cccc2[cH-]1.C[Si]C.[Cl][Zr+2][Cl]. The van der Waals surface area contributed by atoms with Gasteiger partial charge in [-0.3, -0.25) is 0 Å². The fraction of sp³-hybridized carbons (Fsp3) is 0.211. The second kappa shape index (κ2) is 17.8. The van der Waals surface area contributed by atoms with E-state index in [-0.39, 0.29) is 0 Å². The number of halogens is 2. The Balaban J connectivity index is 0.000000195. The van der Waals surface area contributed by atoms with E-state index < -0.39 is 20.8 Å². The predicted octanol–water partition coefficient (Wildman–Crippen LogP) is 12.9. The molecule has 4 heteroatoms. The van der Waals surface area contributed by atoms with Gasteiger partial charge in [-0.25, -0.2) is 0 Å². The van der Waals surface area contributed by atoms with Crippen molar-refractivity contribution < 1.29 is 20.8 Å². The summed E-state index contributed by atoms with van der Waals surface area (Å²) in [6.45, 7) is 13.3. The molecule has 6 aromatic rings. The van der Waals surface area contributed by atoms with Crippen LogP contribution >= 0.6 is 17.0 Å². The van der Waals surface area contributed by atoms with Crippen molar-refractivity contribution in [3.8, 4) is 22.3 Å². The number of fused-ring (bicyclic) bond motifs is 2. The second-order valence-electron chi connectivity index (χ2n) is 10.8. The minimum absolute atomic E-state index is 0.584. The van der Waals surface area contributed by atoms with E-state index in [0.717, 1.165) is 9.52 Å². The molecule has 0 N–H and O–H groups in total. The van der Waals surface area contributed by atoms with Crippen LogP contribution in [-0.2, 0) is 20.8 Å². The third kappa shape index (κ3) is 9.39. The van der Waals surface area contributed by atoms with Crippen LogP contribution in [0.2, 0.25) is 13.1 Å². The topological polar surface area (TPSA) is 0 Å². The summed E-state index contributed by atoms with van der Waals surface area (Å²) in [7, 11) is 11.0. The quantitative estimate of drug-likeness (QED) is 0.128. The van der Waals surface area contributed by atoms with Gasteiger partial charge in [0.25, 0.3) is 0 Å². The zero-order chi connectivity index (χ0) is 30.5. The average Bonchev–Trinajstić information content (AvgIpc) is 3.65. The summed E-state index contributed by atoms with van der Waals surface area (Å²) in [5, 5.41) is 5.43. The van der Waals surface area contributed by atoms with E-state index in [9.17, 15) is 0 Å². The Morgan fingerprint density at radius 3 is 1.19 bits per heavy atom. The molecule has 214 valence electrons. The Labute approximate surface area is 274 Å². The van der Waals surface area contributed by atoms with Gasteiger partial charge in [0.2, 0.25) is 0 Å². The molecule has 6 aromatic carbocycles. The molecule has 0 bridgehead atoms. The van der Waals surface area contributed by atoms with Gasteiger partial charge in [0.15, 0.2) is 0 Å². The van der Waals surface area contributed by atoms with E-state index >= 15 is 0 Å². The molecule has 0 aromatic heterocycles. The molecule has 0 amide bonds. The minimum atomic E-state index is -0.826. The van der Waals surface area contributed by atoms with E-state index in [1.807, 2.05) is 0 Å². The standard InChI is InChI=1S/2C18H17.C2H6Si.2ClH.Zr/c2*1-13(2)16-11-15-9-6-10-17(18(15)12-16)14-7-4-3-5-8-14;1-3-2;;;/h2*3-13H,1-2H3;1-2H3;2*1H;/q2*-1;;;;+4/p-2. The van der Waals surface area contributed by atoms with Crippen LogP contribution in [0, 0.1) is 0 Å². The number of benzene rings is 4. The Bertz CT molecular complexity index is 1490. The summed E-state index contributed by atoms with van der Waals surface area (Å²) in [6, 6.07) is 43.6. The van der Waals surface area contributed by atoms with E-state index in [4.69, 9.17) is 17.0 Å². The summed E-state index contributed by atoms with van der Waals surface area (Å²) in [6.07, 6.45) is 0. The molecule has 0 aliphatic heterocycles. The molecule has 0 saturated heterocycles. The summed E-state index contributed by atoms with van der Waals surface area (Å²) >= 11 is -0.826. The van der Waals surface area contributed by atoms with Gasteiger partial charge < -0.3 is 0 Å². The van der Waals surface area contributed by atoms with E-state index in [1.165, 1.54) is 54.9 Å². The van der Waals surface area contributed by atoms with Crippen LogP contribution in [-0.4, -0.2) is 9.52 Å². The van der Waals surface area contributed by atoms with Crippen molar-refractivity contribution in [2.75, 3.05) is 0 Å². The van der Waals surface area contributed by atoms with Crippen molar-refractivity contribution in [3.63, 3.8) is 0 Å². The molecule has 6 rings (SSSR count). The van der Waals surface area contributed by atoms with Crippen LogP contribution < -0.4 is 0 Å². The van der Waals surface area contributed by atoms with E-state index in [2.05, 4.69) is 162 Å². The van der Waals surface area contributed by atoms with Crippen LogP contribution in [0.3, 0.4) is 0 Å². The Kier molecular flexibility index (Phi) is 14.5. The average molecular weight is 687 g/mol. The van der Waals surface area contributed by atoms with Crippen LogP contribution in [0.15, 0.2) is 121 Å². The van der Waals surface area contributed by atoms with Gasteiger partial charge in [0.1, 0.15) is 0 Å². The first kappa shape index (κ1) is 34.3. The van der Waals surface area contributed by atoms with Gasteiger partial charge in [0.05, 0.1) is 0 Å². The number of rotatable bonds is 4. The molecule has 0 nitrogen and oxygen atoms in total. The van der Waals surface area contributed by atoms with Crippen molar-refractivity contribution in [2.24, 2.45) is 0 Å². The normalized spacial score (nSPS) is 10.3.